The zero-order valence-electron chi connectivity index (χ0n) is 17.0. The molecule has 1 heterocycles. The maximum atomic E-state index is 12.9. The summed E-state index contributed by atoms with van der Waals surface area (Å²) in [5.74, 6) is -1.77. The molecule has 0 radical (unpaired) electrons. The zero-order chi connectivity index (χ0) is 23.1. The van der Waals surface area contributed by atoms with Crippen LogP contribution in [-0.4, -0.2) is 50.9 Å². The van der Waals surface area contributed by atoms with Crippen molar-refractivity contribution in [3.8, 4) is 0 Å². The van der Waals surface area contributed by atoms with Crippen molar-refractivity contribution in [3.63, 3.8) is 0 Å². The molecule has 1 amide bonds. The molecule has 1 aliphatic heterocycles. The first-order chi connectivity index (χ1) is 15.2. The molecule has 0 bridgehead atoms. The molecule has 11 heteroatoms. The third kappa shape index (κ3) is 6.75. The van der Waals surface area contributed by atoms with Gasteiger partial charge >= 0.3 is 5.97 Å². The summed E-state index contributed by atoms with van der Waals surface area (Å²) in [6.45, 7) is 0.282. The van der Waals surface area contributed by atoms with Gasteiger partial charge in [-0.3, -0.25) is 4.79 Å². The minimum Gasteiger partial charge on any atom is -0.478 e. The standard InChI is InChI=1S/C21H23ClN2O7S/c22-15-6-10-17(11-7-15)32(28,29)24-18(13-31-19-3-1-2-12-30-19)20(25)23-16-8-4-14(5-9-16)21(26)27/h4-11,18-19,24H,1-3,12-13H2,(H,23,25)(H,26,27). The van der Waals surface area contributed by atoms with Crippen molar-refractivity contribution in [1.29, 1.82) is 0 Å². The highest BCUT2D eigenvalue weighted by atomic mass is 35.5. The van der Waals surface area contributed by atoms with Gasteiger partial charge in [0, 0.05) is 17.3 Å². The number of nitrogens with one attached hydrogen (secondary N) is 2. The number of aromatic carboxylic acids is 1. The Kier molecular flexibility index (Phi) is 8.21. The zero-order valence-corrected chi connectivity index (χ0v) is 18.6. The van der Waals surface area contributed by atoms with E-state index in [4.69, 9.17) is 26.2 Å². The first kappa shape index (κ1) is 24.1. The Balaban J connectivity index is 1.74. The van der Waals surface area contributed by atoms with E-state index < -0.39 is 34.2 Å². The van der Waals surface area contributed by atoms with Crippen molar-refractivity contribution in [2.75, 3.05) is 18.5 Å². The fourth-order valence-corrected chi connectivity index (χ4v) is 4.31. The van der Waals surface area contributed by atoms with Gasteiger partial charge in [-0.05, 0) is 67.8 Å². The SMILES string of the molecule is O=C(O)c1ccc(NC(=O)C(COC2CCCCO2)NS(=O)(=O)c2ccc(Cl)cc2)cc1. The number of hydrogen-bond acceptors (Lipinski definition) is 6. The molecule has 2 aromatic carbocycles. The lowest BCUT2D eigenvalue weighted by atomic mass is 10.2. The molecule has 2 aromatic rings. The number of carbonyl (C=O) groups is 2. The van der Waals surface area contributed by atoms with Crippen molar-refractivity contribution in [2.24, 2.45) is 0 Å². The summed E-state index contributed by atoms with van der Waals surface area (Å²) < 4.78 is 39.1. The molecule has 1 fully saturated rings. The number of hydrogen-bond donors (Lipinski definition) is 3. The molecule has 3 N–H and O–H groups in total. The van der Waals surface area contributed by atoms with Crippen molar-refractivity contribution in [2.45, 2.75) is 36.5 Å². The lowest BCUT2D eigenvalue weighted by molar-refractivity contribution is -0.166. The summed E-state index contributed by atoms with van der Waals surface area (Å²) >= 11 is 5.82. The van der Waals surface area contributed by atoms with Gasteiger partial charge in [-0.1, -0.05) is 11.6 Å². The van der Waals surface area contributed by atoms with E-state index in [-0.39, 0.29) is 17.1 Å². The first-order valence-corrected chi connectivity index (χ1v) is 11.8. The van der Waals surface area contributed by atoms with Crippen LogP contribution >= 0.6 is 11.6 Å². The second-order valence-electron chi connectivity index (χ2n) is 7.13. The highest BCUT2D eigenvalue weighted by Gasteiger charge is 2.28. The number of carboxylic acid groups (broad SMARTS) is 1. The van der Waals surface area contributed by atoms with Crippen LogP contribution in [0.1, 0.15) is 29.6 Å². The minimum absolute atomic E-state index is 0.0561. The van der Waals surface area contributed by atoms with E-state index in [1.807, 2.05) is 0 Å². The number of carbonyl (C=O) groups excluding carboxylic acids is 1. The molecular formula is C21H23ClN2O7S. The molecule has 2 unspecified atom stereocenters. The summed E-state index contributed by atoms with van der Waals surface area (Å²) in [6, 6.07) is 9.75. The second kappa shape index (κ2) is 10.9. The molecule has 3 rings (SSSR count). The third-order valence-corrected chi connectivity index (χ3v) is 6.46. The van der Waals surface area contributed by atoms with Crippen LogP contribution in [0.25, 0.3) is 0 Å². The predicted molar refractivity (Wildman–Crippen MR) is 117 cm³/mol. The van der Waals surface area contributed by atoms with Crippen LogP contribution in [0.15, 0.2) is 53.4 Å². The summed E-state index contributed by atoms with van der Waals surface area (Å²) in [6.07, 6.45) is 1.95. The maximum Gasteiger partial charge on any atom is 0.335 e. The number of benzene rings is 2. The number of ether oxygens (including phenoxy) is 2. The van der Waals surface area contributed by atoms with Crippen LogP contribution in [0.3, 0.4) is 0 Å². The van der Waals surface area contributed by atoms with Gasteiger partial charge in [0.15, 0.2) is 6.29 Å². The number of sulfonamides is 1. The molecule has 1 aliphatic rings. The number of halogens is 1. The fraction of sp³-hybridized carbons (Fsp3) is 0.333. The van der Waals surface area contributed by atoms with Gasteiger partial charge in [0.1, 0.15) is 6.04 Å². The number of rotatable bonds is 9. The molecule has 0 aliphatic carbocycles. The Morgan fingerprint density at radius 2 is 1.81 bits per heavy atom. The van der Waals surface area contributed by atoms with E-state index in [1.54, 1.807) is 0 Å². The van der Waals surface area contributed by atoms with Crippen molar-refractivity contribution in [3.05, 3.63) is 59.1 Å². The molecule has 9 nitrogen and oxygen atoms in total. The molecule has 2 atom stereocenters. The average Bonchev–Trinajstić information content (AvgIpc) is 2.78. The molecule has 0 spiro atoms. The van der Waals surface area contributed by atoms with E-state index >= 15 is 0 Å². The van der Waals surface area contributed by atoms with Gasteiger partial charge in [0.2, 0.25) is 15.9 Å². The largest absolute Gasteiger partial charge is 0.478 e. The number of carboxylic acids is 1. The quantitative estimate of drug-likeness (QED) is 0.500. The van der Waals surface area contributed by atoms with Gasteiger partial charge in [0.05, 0.1) is 17.1 Å². The fourth-order valence-electron chi connectivity index (χ4n) is 3.00. The molecular weight excluding hydrogens is 460 g/mol. The molecule has 1 saturated heterocycles. The first-order valence-electron chi connectivity index (χ1n) is 9.90. The molecule has 0 aromatic heterocycles. The highest BCUT2D eigenvalue weighted by molar-refractivity contribution is 7.89. The third-order valence-electron chi connectivity index (χ3n) is 4.72. The van der Waals surface area contributed by atoms with E-state index in [0.29, 0.717) is 23.7 Å². The smallest absolute Gasteiger partial charge is 0.335 e. The molecule has 172 valence electrons. The van der Waals surface area contributed by atoms with Gasteiger partial charge < -0.3 is 19.9 Å². The lowest BCUT2D eigenvalue weighted by Crippen LogP contribution is -2.47. The van der Waals surface area contributed by atoms with E-state index in [2.05, 4.69) is 10.0 Å². The minimum atomic E-state index is -4.05. The summed E-state index contributed by atoms with van der Waals surface area (Å²) in [7, 11) is -4.05. The van der Waals surface area contributed by atoms with Crippen molar-refractivity contribution < 1.29 is 32.6 Å². The Morgan fingerprint density at radius 3 is 2.41 bits per heavy atom. The van der Waals surface area contributed by atoms with E-state index in [0.717, 1.165) is 12.8 Å². The van der Waals surface area contributed by atoms with Gasteiger partial charge in [-0.2, -0.15) is 4.72 Å². The average molecular weight is 483 g/mol. The number of amides is 1. The summed E-state index contributed by atoms with van der Waals surface area (Å²) in [5.41, 5.74) is 0.366. The molecule has 32 heavy (non-hydrogen) atoms. The normalized spacial score (nSPS) is 17.5. The van der Waals surface area contributed by atoms with E-state index in [1.165, 1.54) is 48.5 Å². The van der Waals surface area contributed by atoms with Crippen LogP contribution in [0.5, 0.6) is 0 Å². The predicted octanol–water partition coefficient (Wildman–Crippen LogP) is 2.87. The monoisotopic (exact) mass is 482 g/mol. The van der Waals surface area contributed by atoms with Crippen LogP contribution < -0.4 is 10.0 Å². The van der Waals surface area contributed by atoms with Gasteiger partial charge in [-0.25, -0.2) is 13.2 Å². The second-order valence-corrected chi connectivity index (χ2v) is 9.28. The topological polar surface area (TPSA) is 131 Å². The Labute approximate surface area is 190 Å². The van der Waals surface area contributed by atoms with Crippen molar-refractivity contribution in [1.82, 2.24) is 4.72 Å². The Morgan fingerprint density at radius 1 is 1.12 bits per heavy atom. The Hall–Kier alpha value is -2.50. The van der Waals surface area contributed by atoms with Crippen LogP contribution in [-0.2, 0) is 24.3 Å². The Bertz CT molecular complexity index is 1040. The van der Waals surface area contributed by atoms with Crippen LogP contribution in [0.4, 0.5) is 5.69 Å². The van der Waals surface area contributed by atoms with Crippen LogP contribution in [0, 0.1) is 0 Å². The summed E-state index contributed by atoms with van der Waals surface area (Å²) in [5, 5.41) is 11.9. The van der Waals surface area contributed by atoms with Crippen molar-refractivity contribution >= 4 is 39.2 Å². The molecule has 0 saturated carbocycles. The van der Waals surface area contributed by atoms with Gasteiger partial charge in [0.25, 0.3) is 0 Å². The lowest BCUT2D eigenvalue weighted by Gasteiger charge is -2.25. The van der Waals surface area contributed by atoms with E-state index in [9.17, 15) is 18.0 Å². The highest BCUT2D eigenvalue weighted by Crippen LogP contribution is 2.17. The maximum absolute atomic E-state index is 12.9. The van der Waals surface area contributed by atoms with Gasteiger partial charge in [-0.15, -0.1) is 0 Å². The number of anilines is 1. The van der Waals surface area contributed by atoms with Crippen LogP contribution in [0.2, 0.25) is 5.02 Å². The summed E-state index contributed by atoms with van der Waals surface area (Å²) in [4.78, 5) is 23.8.